The number of hydrogen-bond acceptors (Lipinski definition) is 5. The van der Waals surface area contributed by atoms with E-state index in [-0.39, 0.29) is 17.9 Å². The lowest BCUT2D eigenvalue weighted by molar-refractivity contribution is -0.126. The normalized spacial score (nSPS) is 19.6. The lowest BCUT2D eigenvalue weighted by Gasteiger charge is -2.32. The topological polar surface area (TPSA) is 72.3 Å². The highest BCUT2D eigenvalue weighted by molar-refractivity contribution is 9.10. The van der Waals surface area contributed by atoms with Gasteiger partial charge in [0.05, 0.1) is 33.7 Å². The predicted octanol–water partition coefficient (Wildman–Crippen LogP) is 4.61. The summed E-state index contributed by atoms with van der Waals surface area (Å²) in [5, 5.41) is 4.06. The van der Waals surface area contributed by atoms with Crippen LogP contribution >= 0.6 is 39.1 Å². The van der Waals surface area contributed by atoms with Gasteiger partial charge in [0.2, 0.25) is 11.9 Å². The van der Waals surface area contributed by atoms with Crippen molar-refractivity contribution >= 4 is 62.0 Å². The van der Waals surface area contributed by atoms with Crippen molar-refractivity contribution in [1.29, 1.82) is 0 Å². The average Bonchev–Trinajstić information content (AvgIpc) is 3.43. The summed E-state index contributed by atoms with van der Waals surface area (Å²) in [6.07, 6.45) is 4.17. The molecule has 1 aromatic carbocycles. The number of nitrogens with zero attached hydrogens (tertiary/aromatic N) is 4. The fourth-order valence-corrected chi connectivity index (χ4v) is 4.86. The van der Waals surface area contributed by atoms with Crippen LogP contribution in [0.3, 0.4) is 0 Å². The first-order chi connectivity index (χ1) is 15.5. The number of benzene rings is 1. The first kappa shape index (κ1) is 21.9. The third-order valence-corrected chi connectivity index (χ3v) is 7.24. The molecule has 1 amide bonds. The molecule has 3 aromatic rings. The molecule has 168 valence electrons. The number of carbonyl (C=O) groups excluding carboxylic acids is 1. The zero-order valence-corrected chi connectivity index (χ0v) is 20.3. The van der Waals surface area contributed by atoms with Crippen molar-refractivity contribution in [3.8, 4) is 5.82 Å². The lowest BCUT2D eigenvalue weighted by atomic mass is 9.95. The number of fused-ring (bicyclic) bond motifs is 1. The molecule has 0 spiro atoms. The van der Waals surface area contributed by atoms with E-state index < -0.39 is 0 Å². The van der Waals surface area contributed by atoms with E-state index in [1.807, 2.05) is 22.8 Å². The Morgan fingerprint density at radius 3 is 2.62 bits per heavy atom. The molecule has 2 aliphatic rings. The van der Waals surface area contributed by atoms with Gasteiger partial charge in [-0.05, 0) is 59.5 Å². The van der Waals surface area contributed by atoms with Crippen LogP contribution in [0.25, 0.3) is 16.9 Å². The number of hydrogen-bond donors (Lipinski definition) is 1. The number of ether oxygens (including phenoxy) is 1. The fourth-order valence-electron chi connectivity index (χ4n) is 4.31. The maximum absolute atomic E-state index is 12.7. The largest absolute Gasteiger partial charge is 0.379 e. The van der Waals surface area contributed by atoms with Gasteiger partial charge in [0.1, 0.15) is 5.82 Å². The van der Waals surface area contributed by atoms with Crippen LogP contribution in [-0.2, 0) is 9.53 Å². The van der Waals surface area contributed by atoms with Crippen LogP contribution in [0.1, 0.15) is 19.3 Å². The molecule has 0 bridgehead atoms. The minimum absolute atomic E-state index is 0.000581. The summed E-state index contributed by atoms with van der Waals surface area (Å²) in [7, 11) is 0. The number of piperidine rings is 1. The summed E-state index contributed by atoms with van der Waals surface area (Å²) in [5.41, 5.74) is 1.59. The van der Waals surface area contributed by atoms with Gasteiger partial charge in [0.15, 0.2) is 0 Å². The van der Waals surface area contributed by atoms with Gasteiger partial charge in [-0.2, -0.15) is 0 Å². The maximum Gasteiger partial charge on any atom is 0.223 e. The highest BCUT2D eigenvalue weighted by atomic mass is 79.9. The second-order valence-corrected chi connectivity index (χ2v) is 9.90. The first-order valence-corrected chi connectivity index (χ1v) is 12.2. The number of pyridine rings is 1. The highest BCUT2D eigenvalue weighted by Crippen LogP contribution is 2.34. The Morgan fingerprint density at radius 1 is 1.16 bits per heavy atom. The van der Waals surface area contributed by atoms with E-state index in [4.69, 9.17) is 32.9 Å². The number of imidazole rings is 1. The Bertz CT molecular complexity index is 1140. The Labute approximate surface area is 204 Å². The Kier molecular flexibility index (Phi) is 6.29. The van der Waals surface area contributed by atoms with Crippen molar-refractivity contribution in [3.63, 3.8) is 0 Å². The van der Waals surface area contributed by atoms with Crippen molar-refractivity contribution in [2.75, 3.05) is 31.2 Å². The van der Waals surface area contributed by atoms with Crippen LogP contribution in [0.15, 0.2) is 34.9 Å². The van der Waals surface area contributed by atoms with E-state index >= 15 is 0 Å². The summed E-state index contributed by atoms with van der Waals surface area (Å²) in [6.45, 7) is 2.78. The number of rotatable bonds is 4. The van der Waals surface area contributed by atoms with Crippen molar-refractivity contribution in [3.05, 3.63) is 45.0 Å². The molecule has 32 heavy (non-hydrogen) atoms. The van der Waals surface area contributed by atoms with E-state index in [2.05, 4.69) is 31.1 Å². The summed E-state index contributed by atoms with van der Waals surface area (Å²) in [4.78, 5) is 24.3. The molecule has 1 atom stereocenters. The van der Waals surface area contributed by atoms with Crippen molar-refractivity contribution in [2.45, 2.75) is 25.3 Å². The quantitative estimate of drug-likeness (QED) is 0.525. The van der Waals surface area contributed by atoms with E-state index in [9.17, 15) is 4.79 Å². The van der Waals surface area contributed by atoms with Crippen LogP contribution in [0.4, 0.5) is 5.95 Å². The van der Waals surface area contributed by atoms with Crippen LogP contribution in [-0.4, -0.2) is 52.8 Å². The zero-order valence-electron chi connectivity index (χ0n) is 17.2. The smallest absolute Gasteiger partial charge is 0.223 e. The molecule has 5 rings (SSSR count). The van der Waals surface area contributed by atoms with Gasteiger partial charge in [-0.25, -0.2) is 9.97 Å². The van der Waals surface area contributed by atoms with Gasteiger partial charge >= 0.3 is 0 Å². The molecule has 2 fully saturated rings. The third kappa shape index (κ3) is 4.33. The summed E-state index contributed by atoms with van der Waals surface area (Å²) in [6, 6.07) is 7.62. The molecule has 4 heterocycles. The van der Waals surface area contributed by atoms with Gasteiger partial charge < -0.3 is 15.0 Å². The SMILES string of the molecule is O=C(N[C@@H]1CCOC1)C1CCN(c2nc3cc(Cl)c(Cl)cc3n2-c2ccc(Br)cn2)CC1. The molecule has 0 aliphatic carbocycles. The molecule has 0 radical (unpaired) electrons. The molecule has 2 saturated heterocycles. The molecule has 2 aliphatic heterocycles. The number of amides is 1. The second kappa shape index (κ2) is 9.17. The van der Waals surface area contributed by atoms with Crippen LogP contribution in [0.5, 0.6) is 0 Å². The Balaban J connectivity index is 1.42. The van der Waals surface area contributed by atoms with Crippen molar-refractivity contribution in [1.82, 2.24) is 19.9 Å². The molecular weight excluding hydrogens is 517 g/mol. The molecule has 7 nitrogen and oxygen atoms in total. The number of carbonyl (C=O) groups is 1. The van der Waals surface area contributed by atoms with E-state index in [1.54, 1.807) is 12.3 Å². The zero-order chi connectivity index (χ0) is 22.2. The lowest BCUT2D eigenvalue weighted by Crippen LogP contribution is -2.44. The molecular formula is C22H22BrCl2N5O2. The monoisotopic (exact) mass is 537 g/mol. The van der Waals surface area contributed by atoms with Gasteiger partial charge in [-0.3, -0.25) is 9.36 Å². The highest BCUT2D eigenvalue weighted by Gasteiger charge is 2.30. The molecule has 0 unspecified atom stereocenters. The molecule has 10 heteroatoms. The van der Waals surface area contributed by atoms with Gasteiger partial charge in [0, 0.05) is 36.3 Å². The molecule has 1 N–H and O–H groups in total. The number of anilines is 1. The number of nitrogens with one attached hydrogen (secondary N) is 1. The van der Waals surface area contributed by atoms with Crippen LogP contribution < -0.4 is 10.2 Å². The second-order valence-electron chi connectivity index (χ2n) is 8.17. The third-order valence-electron chi connectivity index (χ3n) is 6.04. The Hall–Kier alpha value is -1.87. The number of aromatic nitrogens is 3. The van der Waals surface area contributed by atoms with Crippen LogP contribution in [0, 0.1) is 5.92 Å². The summed E-state index contributed by atoms with van der Waals surface area (Å²) >= 11 is 16.0. The fraction of sp³-hybridized carbons (Fsp3) is 0.409. The van der Waals surface area contributed by atoms with Crippen molar-refractivity contribution < 1.29 is 9.53 Å². The van der Waals surface area contributed by atoms with E-state index in [0.29, 0.717) is 16.7 Å². The maximum atomic E-state index is 12.7. The van der Waals surface area contributed by atoms with Crippen molar-refractivity contribution in [2.24, 2.45) is 5.92 Å². The predicted molar refractivity (Wildman–Crippen MR) is 129 cm³/mol. The van der Waals surface area contributed by atoms with Gasteiger partial charge in [-0.1, -0.05) is 23.2 Å². The standard InChI is InChI=1S/C22H22BrCl2N5O2/c23-14-1-2-20(26-11-14)30-19-10-17(25)16(24)9-18(19)28-22(30)29-6-3-13(4-7-29)21(31)27-15-5-8-32-12-15/h1-2,9-11,13,15H,3-8,12H2,(H,27,31)/t15-/m1/s1. The molecule has 0 saturated carbocycles. The first-order valence-electron chi connectivity index (χ1n) is 10.6. The van der Waals surface area contributed by atoms with Crippen LogP contribution in [0.2, 0.25) is 10.0 Å². The molecule has 2 aromatic heterocycles. The minimum Gasteiger partial charge on any atom is -0.379 e. The number of halogens is 3. The van der Waals surface area contributed by atoms with Gasteiger partial charge in [0.25, 0.3) is 0 Å². The van der Waals surface area contributed by atoms with E-state index in [1.165, 1.54) is 0 Å². The van der Waals surface area contributed by atoms with E-state index in [0.717, 1.165) is 66.2 Å². The summed E-state index contributed by atoms with van der Waals surface area (Å²) < 4.78 is 8.26. The minimum atomic E-state index is -0.000581. The van der Waals surface area contributed by atoms with Gasteiger partial charge in [-0.15, -0.1) is 0 Å². The average molecular weight is 539 g/mol. The Morgan fingerprint density at radius 2 is 1.94 bits per heavy atom. The summed E-state index contributed by atoms with van der Waals surface area (Å²) in [5.74, 6) is 1.64.